The van der Waals surface area contributed by atoms with Gasteiger partial charge in [0.2, 0.25) is 0 Å². The first-order valence-corrected chi connectivity index (χ1v) is 5.50. The van der Waals surface area contributed by atoms with E-state index in [9.17, 15) is 32.9 Å². The highest BCUT2D eigenvalue weighted by Gasteiger charge is 2.38. The Balaban J connectivity index is 2.40. The van der Waals surface area contributed by atoms with Crippen LogP contribution in [0.3, 0.4) is 0 Å². The van der Waals surface area contributed by atoms with E-state index in [1.54, 1.807) is 0 Å². The minimum Gasteiger partial charge on any atom is -0.426 e. The van der Waals surface area contributed by atoms with Crippen molar-refractivity contribution in [2.75, 3.05) is 6.54 Å². The van der Waals surface area contributed by atoms with Gasteiger partial charge in [-0.25, -0.2) is 0 Å². The Bertz CT molecular complexity index is 542. The fraction of sp³-hybridized carbons (Fsp3) is 0.273. The van der Waals surface area contributed by atoms with E-state index in [-0.39, 0.29) is 11.4 Å². The molecule has 0 bridgehead atoms. The number of nitro groups is 1. The molecule has 1 rings (SSSR count). The van der Waals surface area contributed by atoms with E-state index in [2.05, 4.69) is 0 Å². The number of halogens is 3. The van der Waals surface area contributed by atoms with Crippen molar-refractivity contribution in [1.29, 1.82) is 0 Å². The van der Waals surface area contributed by atoms with Crippen LogP contribution in [0, 0.1) is 10.1 Å². The largest absolute Gasteiger partial charge is 0.471 e. The third kappa shape index (κ3) is 5.47. The quantitative estimate of drug-likeness (QED) is 0.385. The molecule has 0 atom stereocenters. The van der Waals surface area contributed by atoms with Crippen LogP contribution in [0.25, 0.3) is 0 Å². The van der Waals surface area contributed by atoms with Gasteiger partial charge >= 0.3 is 18.1 Å². The monoisotopic (exact) mass is 306 g/mol. The number of ether oxygens (including phenoxy) is 1. The average molecular weight is 306 g/mol. The van der Waals surface area contributed by atoms with Crippen LogP contribution in [-0.4, -0.2) is 29.5 Å². The van der Waals surface area contributed by atoms with Crippen molar-refractivity contribution in [2.45, 2.75) is 12.6 Å². The zero-order valence-corrected chi connectivity index (χ0v) is 10.3. The summed E-state index contributed by atoms with van der Waals surface area (Å²) in [5.74, 6) is -3.02. The molecule has 0 aromatic heterocycles. The highest BCUT2D eigenvalue weighted by Crippen LogP contribution is 2.17. The summed E-state index contributed by atoms with van der Waals surface area (Å²) in [5.41, 5.74) is -0.202. The number of rotatable bonds is 5. The summed E-state index contributed by atoms with van der Waals surface area (Å²) >= 11 is 0. The second-order valence-corrected chi connectivity index (χ2v) is 3.73. The number of carbonyl (C=O) groups excluding carboxylic acids is 2. The van der Waals surface area contributed by atoms with Crippen molar-refractivity contribution in [3.8, 4) is 5.75 Å². The number of esters is 1. The van der Waals surface area contributed by atoms with Gasteiger partial charge in [0.05, 0.1) is 11.3 Å². The molecule has 0 fully saturated rings. The van der Waals surface area contributed by atoms with Crippen molar-refractivity contribution in [1.82, 2.24) is 5.32 Å². The predicted octanol–water partition coefficient (Wildman–Crippen LogP) is 1.57. The number of non-ortho nitro benzene ring substituents is 1. The standard InChI is InChI=1S/C11H9F3N2O5/c12-11(13,14)10(18)15-6-5-9(17)21-8-3-1-7(2-4-8)16(19)20/h1-4H,5-6H2,(H,15,18). The molecule has 1 aromatic rings. The van der Waals surface area contributed by atoms with Crippen LogP contribution in [0.4, 0.5) is 18.9 Å². The summed E-state index contributed by atoms with van der Waals surface area (Å²) in [6.45, 7) is -0.538. The van der Waals surface area contributed by atoms with E-state index in [1.165, 1.54) is 17.4 Å². The van der Waals surface area contributed by atoms with Gasteiger partial charge in [-0.1, -0.05) is 0 Å². The molecule has 10 heteroatoms. The van der Waals surface area contributed by atoms with Gasteiger partial charge in [0.25, 0.3) is 5.69 Å². The molecule has 0 heterocycles. The number of nitro benzene ring substituents is 1. The number of amides is 1. The number of hydrogen-bond donors (Lipinski definition) is 1. The Kier molecular flexibility index (Phi) is 5.22. The zero-order valence-electron chi connectivity index (χ0n) is 10.3. The third-order valence-corrected chi connectivity index (χ3v) is 2.15. The van der Waals surface area contributed by atoms with Gasteiger partial charge in [-0.05, 0) is 12.1 Å². The SMILES string of the molecule is O=C(CCNC(=O)C(F)(F)F)Oc1ccc([N+](=O)[O-])cc1. The second-order valence-electron chi connectivity index (χ2n) is 3.73. The zero-order chi connectivity index (χ0) is 16.0. The molecule has 0 aliphatic rings. The molecule has 114 valence electrons. The summed E-state index contributed by atoms with van der Waals surface area (Å²) < 4.78 is 40.2. The Hall–Kier alpha value is -2.65. The third-order valence-electron chi connectivity index (χ3n) is 2.15. The van der Waals surface area contributed by atoms with Crippen molar-refractivity contribution in [2.24, 2.45) is 0 Å². The first-order chi connectivity index (χ1) is 9.70. The molecule has 0 radical (unpaired) electrons. The van der Waals surface area contributed by atoms with Gasteiger partial charge in [-0.15, -0.1) is 0 Å². The average Bonchev–Trinajstić information content (AvgIpc) is 2.38. The van der Waals surface area contributed by atoms with Crippen molar-refractivity contribution in [3.63, 3.8) is 0 Å². The normalized spacial score (nSPS) is 10.8. The Labute approximate surface area is 115 Å². The molecular formula is C11H9F3N2O5. The summed E-state index contributed by atoms with van der Waals surface area (Å²) in [4.78, 5) is 31.5. The van der Waals surface area contributed by atoms with Gasteiger partial charge in [-0.3, -0.25) is 19.7 Å². The van der Waals surface area contributed by atoms with Crippen LogP contribution < -0.4 is 10.1 Å². The summed E-state index contributed by atoms with van der Waals surface area (Å²) in [6.07, 6.45) is -5.49. The lowest BCUT2D eigenvalue weighted by molar-refractivity contribution is -0.384. The number of nitrogens with zero attached hydrogens (tertiary/aromatic N) is 1. The number of nitrogens with one attached hydrogen (secondary N) is 1. The lowest BCUT2D eigenvalue weighted by Crippen LogP contribution is -2.38. The number of hydrogen-bond acceptors (Lipinski definition) is 5. The molecule has 7 nitrogen and oxygen atoms in total. The molecule has 0 spiro atoms. The maximum Gasteiger partial charge on any atom is 0.471 e. The molecule has 0 saturated heterocycles. The van der Waals surface area contributed by atoms with Crippen molar-refractivity contribution in [3.05, 3.63) is 34.4 Å². The van der Waals surface area contributed by atoms with Crippen LogP contribution in [0.2, 0.25) is 0 Å². The fourth-order valence-electron chi connectivity index (χ4n) is 1.20. The lowest BCUT2D eigenvalue weighted by atomic mass is 10.3. The lowest BCUT2D eigenvalue weighted by Gasteiger charge is -2.07. The molecule has 0 aliphatic heterocycles. The highest BCUT2D eigenvalue weighted by atomic mass is 19.4. The molecular weight excluding hydrogens is 297 g/mol. The maximum atomic E-state index is 11.8. The van der Waals surface area contributed by atoms with E-state index >= 15 is 0 Å². The number of benzene rings is 1. The predicted molar refractivity (Wildman–Crippen MR) is 62.4 cm³/mol. The molecule has 1 aromatic carbocycles. The van der Waals surface area contributed by atoms with Crippen LogP contribution in [0.1, 0.15) is 6.42 Å². The Morgan fingerprint density at radius 1 is 1.24 bits per heavy atom. The van der Waals surface area contributed by atoms with Gasteiger partial charge in [0.15, 0.2) is 0 Å². The minimum atomic E-state index is -5.01. The summed E-state index contributed by atoms with van der Waals surface area (Å²) in [6, 6.07) is 4.55. The smallest absolute Gasteiger partial charge is 0.426 e. The number of alkyl halides is 3. The summed E-state index contributed by atoms with van der Waals surface area (Å²) in [5, 5.41) is 11.9. The van der Waals surface area contributed by atoms with Gasteiger partial charge in [0, 0.05) is 18.7 Å². The fourth-order valence-corrected chi connectivity index (χ4v) is 1.20. The van der Waals surface area contributed by atoms with Crippen LogP contribution in [0.5, 0.6) is 5.75 Å². The van der Waals surface area contributed by atoms with E-state index in [0.29, 0.717) is 0 Å². The molecule has 0 aliphatic carbocycles. The Morgan fingerprint density at radius 3 is 2.29 bits per heavy atom. The second kappa shape index (κ2) is 6.68. The first kappa shape index (κ1) is 16.4. The molecule has 21 heavy (non-hydrogen) atoms. The van der Waals surface area contributed by atoms with Crippen LogP contribution in [0.15, 0.2) is 24.3 Å². The van der Waals surface area contributed by atoms with E-state index in [0.717, 1.165) is 12.1 Å². The van der Waals surface area contributed by atoms with Crippen LogP contribution in [-0.2, 0) is 9.59 Å². The van der Waals surface area contributed by atoms with E-state index < -0.39 is 35.9 Å². The first-order valence-electron chi connectivity index (χ1n) is 5.50. The summed E-state index contributed by atoms with van der Waals surface area (Å²) in [7, 11) is 0. The van der Waals surface area contributed by atoms with E-state index in [4.69, 9.17) is 4.74 Å². The minimum absolute atomic E-state index is 0.00717. The highest BCUT2D eigenvalue weighted by molar-refractivity contribution is 5.82. The van der Waals surface area contributed by atoms with Crippen molar-refractivity contribution < 1.29 is 32.4 Å². The molecule has 0 unspecified atom stereocenters. The molecule has 1 N–H and O–H groups in total. The van der Waals surface area contributed by atoms with Gasteiger partial charge in [0.1, 0.15) is 5.75 Å². The van der Waals surface area contributed by atoms with Crippen LogP contribution >= 0.6 is 0 Å². The van der Waals surface area contributed by atoms with Crippen molar-refractivity contribution >= 4 is 17.6 Å². The number of carbonyl (C=O) groups is 2. The Morgan fingerprint density at radius 2 is 1.81 bits per heavy atom. The van der Waals surface area contributed by atoms with E-state index in [1.807, 2.05) is 0 Å². The maximum absolute atomic E-state index is 11.8. The topological polar surface area (TPSA) is 98.5 Å². The van der Waals surface area contributed by atoms with Gasteiger partial charge in [-0.2, -0.15) is 13.2 Å². The molecule has 0 saturated carbocycles. The molecule has 1 amide bonds. The van der Waals surface area contributed by atoms with Gasteiger partial charge < -0.3 is 10.1 Å².